The maximum Gasteiger partial charge on any atom is 0.417 e. The van der Waals surface area contributed by atoms with Gasteiger partial charge in [-0.1, -0.05) is 0 Å². The van der Waals surface area contributed by atoms with Crippen LogP contribution in [0.5, 0.6) is 17.2 Å². The molecule has 2 N–H and O–H groups in total. The van der Waals surface area contributed by atoms with E-state index in [1.165, 1.54) is 26.4 Å². The summed E-state index contributed by atoms with van der Waals surface area (Å²) in [5, 5.41) is 10.5. The van der Waals surface area contributed by atoms with Gasteiger partial charge in [-0.3, -0.25) is 9.78 Å². The molecule has 4 aromatic rings. The first-order valence-electron chi connectivity index (χ1n) is 7.57. The third-order valence-corrected chi connectivity index (χ3v) is 4.05. The van der Waals surface area contributed by atoms with Crippen molar-refractivity contribution in [2.45, 2.75) is 0 Å². The lowest BCUT2D eigenvalue weighted by molar-refractivity contribution is 0.394. The number of aromatic amines is 1. The van der Waals surface area contributed by atoms with Crippen LogP contribution in [0.3, 0.4) is 0 Å². The Kier molecular flexibility index (Phi) is 3.47. The summed E-state index contributed by atoms with van der Waals surface area (Å²) < 4.78 is 21.1. The van der Waals surface area contributed by atoms with E-state index in [1.807, 2.05) is 0 Å². The van der Waals surface area contributed by atoms with Crippen molar-refractivity contribution in [2.24, 2.45) is 0 Å². The molecule has 8 heteroatoms. The van der Waals surface area contributed by atoms with Crippen LogP contribution in [0.2, 0.25) is 0 Å². The van der Waals surface area contributed by atoms with Crippen molar-refractivity contribution in [3.8, 4) is 28.6 Å². The minimum absolute atomic E-state index is 0.0400. The van der Waals surface area contributed by atoms with Crippen molar-refractivity contribution in [3.63, 3.8) is 0 Å². The minimum atomic E-state index is -0.637. The van der Waals surface area contributed by atoms with E-state index in [1.54, 1.807) is 18.2 Å². The number of oxazole rings is 1. The Morgan fingerprint density at radius 2 is 1.81 bits per heavy atom. The van der Waals surface area contributed by atoms with Gasteiger partial charge < -0.3 is 23.4 Å². The molecule has 0 saturated heterocycles. The van der Waals surface area contributed by atoms with Crippen LogP contribution in [0, 0.1) is 0 Å². The molecule has 2 heterocycles. The average molecular weight is 355 g/mol. The second-order valence-corrected chi connectivity index (χ2v) is 5.54. The number of benzene rings is 2. The first-order chi connectivity index (χ1) is 12.5. The van der Waals surface area contributed by atoms with E-state index in [-0.39, 0.29) is 22.5 Å². The molecule has 26 heavy (non-hydrogen) atoms. The fourth-order valence-electron chi connectivity index (χ4n) is 2.82. The molecule has 2 aromatic heterocycles. The molecule has 0 spiro atoms. The smallest absolute Gasteiger partial charge is 0.417 e. The molecule has 0 unspecified atom stereocenters. The van der Waals surface area contributed by atoms with Gasteiger partial charge in [0.2, 0.25) is 11.2 Å². The number of aromatic nitrogens is 1. The van der Waals surface area contributed by atoms with Gasteiger partial charge in [0, 0.05) is 17.7 Å². The fourth-order valence-corrected chi connectivity index (χ4v) is 2.82. The summed E-state index contributed by atoms with van der Waals surface area (Å²) >= 11 is 0. The molecule has 0 radical (unpaired) electrons. The molecule has 0 atom stereocenters. The summed E-state index contributed by atoms with van der Waals surface area (Å²) in [5.74, 6) is -0.544. The van der Waals surface area contributed by atoms with Crippen LogP contribution in [0.25, 0.3) is 33.4 Å². The van der Waals surface area contributed by atoms with Gasteiger partial charge in [0.05, 0.1) is 19.7 Å². The van der Waals surface area contributed by atoms with E-state index in [0.29, 0.717) is 22.4 Å². The predicted octanol–water partition coefficient (Wildman–Crippen LogP) is 2.62. The van der Waals surface area contributed by atoms with Crippen LogP contribution in [0.1, 0.15) is 0 Å². The number of nitrogens with one attached hydrogen (secondary N) is 1. The molecule has 0 fully saturated rings. The van der Waals surface area contributed by atoms with E-state index in [2.05, 4.69) is 4.98 Å². The molecule has 4 rings (SSSR count). The zero-order valence-electron chi connectivity index (χ0n) is 13.8. The van der Waals surface area contributed by atoms with E-state index in [4.69, 9.17) is 18.3 Å². The summed E-state index contributed by atoms with van der Waals surface area (Å²) in [5.41, 5.74) is 0.719. The first kappa shape index (κ1) is 15.8. The second kappa shape index (κ2) is 5.69. The number of aromatic hydroxyl groups is 1. The van der Waals surface area contributed by atoms with Crippen molar-refractivity contribution in [1.29, 1.82) is 0 Å². The Bertz CT molecular complexity index is 1260. The zero-order chi connectivity index (χ0) is 18.4. The highest BCUT2D eigenvalue weighted by Gasteiger charge is 2.20. The lowest BCUT2D eigenvalue weighted by Crippen LogP contribution is -2.05. The Morgan fingerprint density at radius 1 is 1.00 bits per heavy atom. The SMILES string of the molecule is COc1cc(OC)c2c(=O)c(O)c(-c3ccc4oc(=O)[nH]c4c3)oc2c1. The third-order valence-electron chi connectivity index (χ3n) is 4.05. The summed E-state index contributed by atoms with van der Waals surface area (Å²) in [6.45, 7) is 0. The maximum atomic E-state index is 12.7. The molecule has 0 amide bonds. The van der Waals surface area contributed by atoms with Gasteiger partial charge in [0.25, 0.3) is 0 Å². The second-order valence-electron chi connectivity index (χ2n) is 5.54. The van der Waals surface area contributed by atoms with Crippen LogP contribution in [0.4, 0.5) is 0 Å². The normalized spacial score (nSPS) is 11.2. The Morgan fingerprint density at radius 3 is 2.54 bits per heavy atom. The third kappa shape index (κ3) is 2.31. The van der Waals surface area contributed by atoms with E-state index < -0.39 is 16.9 Å². The van der Waals surface area contributed by atoms with Crippen LogP contribution < -0.4 is 20.7 Å². The molecule has 0 saturated carbocycles. The number of hydrogen-bond acceptors (Lipinski definition) is 7. The highest BCUT2D eigenvalue weighted by molar-refractivity contribution is 5.89. The quantitative estimate of drug-likeness (QED) is 0.580. The van der Waals surface area contributed by atoms with Crippen LogP contribution in [-0.4, -0.2) is 24.3 Å². The number of rotatable bonds is 3. The van der Waals surface area contributed by atoms with Gasteiger partial charge in [0.1, 0.15) is 22.5 Å². The van der Waals surface area contributed by atoms with Crippen molar-refractivity contribution in [1.82, 2.24) is 4.98 Å². The largest absolute Gasteiger partial charge is 0.502 e. The molecule has 132 valence electrons. The molecule has 8 nitrogen and oxygen atoms in total. The van der Waals surface area contributed by atoms with Crippen molar-refractivity contribution >= 4 is 22.1 Å². The highest BCUT2D eigenvalue weighted by Crippen LogP contribution is 2.36. The van der Waals surface area contributed by atoms with Crippen molar-refractivity contribution < 1.29 is 23.4 Å². The molecule has 0 aliphatic rings. The minimum Gasteiger partial charge on any atom is -0.502 e. The molecule has 0 bridgehead atoms. The van der Waals surface area contributed by atoms with Gasteiger partial charge in [-0.05, 0) is 18.2 Å². The molecule has 0 aliphatic carbocycles. The Hall–Kier alpha value is -3.68. The summed E-state index contributed by atoms with van der Waals surface area (Å²) in [6, 6.07) is 7.71. The van der Waals surface area contributed by atoms with Crippen molar-refractivity contribution in [3.05, 3.63) is 51.1 Å². The number of ether oxygens (including phenoxy) is 2. The maximum absolute atomic E-state index is 12.7. The van der Waals surface area contributed by atoms with E-state index in [0.717, 1.165) is 0 Å². The standard InChI is InChI=1S/C18H13NO7/c1-23-9-6-12(24-2)14-13(7-9)25-17(16(21)15(14)20)8-3-4-11-10(5-8)19-18(22)26-11/h3-7,21H,1-2H3,(H,19,22). The van der Waals surface area contributed by atoms with Gasteiger partial charge >= 0.3 is 5.76 Å². The summed E-state index contributed by atoms with van der Waals surface area (Å²) in [4.78, 5) is 26.5. The highest BCUT2D eigenvalue weighted by atomic mass is 16.5. The Balaban J connectivity index is 2.04. The monoisotopic (exact) mass is 355 g/mol. The predicted molar refractivity (Wildman–Crippen MR) is 93.1 cm³/mol. The van der Waals surface area contributed by atoms with E-state index in [9.17, 15) is 14.7 Å². The molecular weight excluding hydrogens is 342 g/mol. The first-order valence-corrected chi connectivity index (χ1v) is 7.57. The number of methoxy groups -OCH3 is 2. The van der Waals surface area contributed by atoms with Crippen LogP contribution in [-0.2, 0) is 0 Å². The van der Waals surface area contributed by atoms with Crippen LogP contribution in [0.15, 0.2) is 48.8 Å². The van der Waals surface area contributed by atoms with E-state index >= 15 is 0 Å². The Labute approximate surface area is 145 Å². The zero-order valence-corrected chi connectivity index (χ0v) is 13.8. The van der Waals surface area contributed by atoms with Crippen LogP contribution >= 0.6 is 0 Å². The topological polar surface area (TPSA) is 115 Å². The number of hydrogen-bond donors (Lipinski definition) is 2. The number of fused-ring (bicyclic) bond motifs is 2. The molecule has 0 aliphatic heterocycles. The molecular formula is C18H13NO7. The van der Waals surface area contributed by atoms with Gasteiger partial charge in [-0.15, -0.1) is 0 Å². The van der Waals surface area contributed by atoms with Gasteiger partial charge in [-0.2, -0.15) is 0 Å². The number of H-pyrrole nitrogens is 1. The lowest BCUT2D eigenvalue weighted by Gasteiger charge is -2.10. The van der Waals surface area contributed by atoms with Crippen molar-refractivity contribution in [2.75, 3.05) is 14.2 Å². The summed E-state index contributed by atoms with van der Waals surface area (Å²) in [6.07, 6.45) is 0. The average Bonchev–Trinajstić information content (AvgIpc) is 3.02. The molecule has 2 aromatic carbocycles. The fraction of sp³-hybridized carbons (Fsp3) is 0.111. The summed E-state index contributed by atoms with van der Waals surface area (Å²) in [7, 11) is 2.88. The lowest BCUT2D eigenvalue weighted by atomic mass is 10.1. The van der Waals surface area contributed by atoms with Gasteiger partial charge in [-0.25, -0.2) is 4.79 Å². The van der Waals surface area contributed by atoms with Gasteiger partial charge in [0.15, 0.2) is 11.3 Å².